The van der Waals surface area contributed by atoms with Crippen molar-refractivity contribution >= 4 is 27.8 Å². The monoisotopic (exact) mass is 317 g/mol. The molecule has 98 valence electrons. The molecule has 3 heteroatoms. The Morgan fingerprint density at radius 2 is 1.89 bits per heavy atom. The second kappa shape index (κ2) is 6.02. The van der Waals surface area contributed by atoms with Crippen molar-refractivity contribution in [2.24, 2.45) is 4.99 Å². The number of halogens is 1. The largest absolute Gasteiger partial charge is 0.507 e. The molecule has 0 fully saturated rings. The molecular formula is C16H16BrNO. The molecule has 19 heavy (non-hydrogen) atoms. The fourth-order valence-electron chi connectivity index (χ4n) is 1.72. The van der Waals surface area contributed by atoms with Crippen LogP contribution in [0.2, 0.25) is 0 Å². The minimum Gasteiger partial charge on any atom is -0.507 e. The summed E-state index contributed by atoms with van der Waals surface area (Å²) in [6.45, 7) is 4.32. The van der Waals surface area contributed by atoms with Gasteiger partial charge in [-0.15, -0.1) is 0 Å². The summed E-state index contributed by atoms with van der Waals surface area (Å²) in [4.78, 5) is 4.41. The molecule has 0 heterocycles. The molecule has 0 aliphatic carbocycles. The Balaban J connectivity index is 2.27. The maximum atomic E-state index is 9.67. The summed E-state index contributed by atoms with van der Waals surface area (Å²) in [6, 6.07) is 13.3. The Bertz CT molecular complexity index is 605. The lowest BCUT2D eigenvalue weighted by Gasteiger charge is -2.07. The zero-order chi connectivity index (χ0) is 13.8. The highest BCUT2D eigenvalue weighted by Gasteiger charge is 2.03. The molecule has 0 aliphatic rings. The van der Waals surface area contributed by atoms with E-state index in [0.717, 1.165) is 10.2 Å². The molecule has 0 bridgehead atoms. The average molecular weight is 318 g/mol. The summed E-state index contributed by atoms with van der Waals surface area (Å²) in [5.74, 6) is 0.730. The van der Waals surface area contributed by atoms with Crippen molar-refractivity contribution in [3.8, 4) is 5.75 Å². The van der Waals surface area contributed by atoms with E-state index < -0.39 is 0 Å². The normalized spacial score (nSPS) is 11.4. The van der Waals surface area contributed by atoms with Gasteiger partial charge in [0.2, 0.25) is 0 Å². The van der Waals surface area contributed by atoms with Crippen LogP contribution in [-0.2, 0) is 0 Å². The number of hydrogen-bond acceptors (Lipinski definition) is 2. The van der Waals surface area contributed by atoms with Gasteiger partial charge in [-0.2, -0.15) is 0 Å². The van der Waals surface area contributed by atoms with Gasteiger partial charge >= 0.3 is 0 Å². The van der Waals surface area contributed by atoms with E-state index in [4.69, 9.17) is 0 Å². The number of benzene rings is 2. The highest BCUT2D eigenvalue weighted by atomic mass is 79.9. The second-order valence-corrected chi connectivity index (χ2v) is 5.54. The summed E-state index contributed by atoms with van der Waals surface area (Å²) in [7, 11) is 0. The molecule has 0 amide bonds. The second-order valence-electron chi connectivity index (χ2n) is 4.68. The van der Waals surface area contributed by atoms with Gasteiger partial charge in [0.15, 0.2) is 0 Å². The Morgan fingerprint density at radius 3 is 2.53 bits per heavy atom. The number of phenolic OH excluding ortho intramolecular Hbond substituents is 1. The van der Waals surface area contributed by atoms with Crippen molar-refractivity contribution in [3.05, 3.63) is 58.1 Å². The number of aromatic hydroxyl groups is 1. The van der Waals surface area contributed by atoms with Crippen LogP contribution < -0.4 is 0 Å². The zero-order valence-corrected chi connectivity index (χ0v) is 12.6. The molecule has 2 aromatic carbocycles. The van der Waals surface area contributed by atoms with Gasteiger partial charge in [0, 0.05) is 16.3 Å². The number of nitrogens with zero attached hydrogens (tertiary/aromatic N) is 1. The Hall–Kier alpha value is -1.61. The third-order valence-corrected chi connectivity index (χ3v) is 3.55. The minimum atomic E-state index is 0.237. The first-order valence-corrected chi connectivity index (χ1v) is 6.98. The minimum absolute atomic E-state index is 0.237. The quantitative estimate of drug-likeness (QED) is 0.791. The number of rotatable bonds is 3. The van der Waals surface area contributed by atoms with E-state index in [-0.39, 0.29) is 5.75 Å². The van der Waals surface area contributed by atoms with Crippen molar-refractivity contribution in [2.75, 3.05) is 0 Å². The molecule has 2 nitrogen and oxygen atoms in total. The summed E-state index contributed by atoms with van der Waals surface area (Å²) in [6.07, 6.45) is 1.67. The molecule has 0 saturated heterocycles. The summed E-state index contributed by atoms with van der Waals surface area (Å²) >= 11 is 3.53. The molecule has 0 unspecified atom stereocenters. The van der Waals surface area contributed by atoms with Crippen LogP contribution in [0, 0.1) is 0 Å². The van der Waals surface area contributed by atoms with Crippen molar-refractivity contribution in [3.63, 3.8) is 0 Å². The van der Waals surface area contributed by atoms with Crippen LogP contribution in [-0.4, -0.2) is 11.3 Å². The summed E-state index contributed by atoms with van der Waals surface area (Å²) in [5.41, 5.74) is 2.84. The maximum Gasteiger partial charge on any atom is 0.124 e. The Kier molecular flexibility index (Phi) is 4.38. The van der Waals surface area contributed by atoms with Crippen LogP contribution in [0.1, 0.15) is 30.9 Å². The zero-order valence-electron chi connectivity index (χ0n) is 11.0. The lowest BCUT2D eigenvalue weighted by atomic mass is 10.0. The SMILES string of the molecule is CC(C)c1ccc(N=Cc2ccccc2O)c(Br)c1. The lowest BCUT2D eigenvalue weighted by molar-refractivity contribution is 0.474. The van der Waals surface area contributed by atoms with Crippen molar-refractivity contribution < 1.29 is 5.11 Å². The molecule has 0 radical (unpaired) electrons. The fourth-order valence-corrected chi connectivity index (χ4v) is 2.22. The molecule has 2 rings (SSSR count). The average Bonchev–Trinajstić information content (AvgIpc) is 2.39. The smallest absolute Gasteiger partial charge is 0.124 e. The van der Waals surface area contributed by atoms with E-state index in [2.05, 4.69) is 46.9 Å². The van der Waals surface area contributed by atoms with Crippen LogP contribution in [0.4, 0.5) is 5.69 Å². The van der Waals surface area contributed by atoms with E-state index in [1.54, 1.807) is 18.3 Å². The first-order chi connectivity index (χ1) is 9.08. The highest BCUT2D eigenvalue weighted by molar-refractivity contribution is 9.10. The maximum absolute atomic E-state index is 9.67. The highest BCUT2D eigenvalue weighted by Crippen LogP contribution is 2.29. The van der Waals surface area contributed by atoms with Crippen LogP contribution in [0.25, 0.3) is 0 Å². The number of para-hydroxylation sites is 1. The standard InChI is InChI=1S/C16H16BrNO/c1-11(2)12-7-8-15(14(17)9-12)18-10-13-5-3-4-6-16(13)19/h3-11,19H,1-2H3. The molecule has 0 saturated carbocycles. The molecule has 0 aliphatic heterocycles. The Morgan fingerprint density at radius 1 is 1.16 bits per heavy atom. The topological polar surface area (TPSA) is 32.6 Å². The molecule has 0 aromatic heterocycles. The van der Waals surface area contributed by atoms with Crippen LogP contribution >= 0.6 is 15.9 Å². The third kappa shape index (κ3) is 3.44. The first-order valence-electron chi connectivity index (χ1n) is 6.19. The summed E-state index contributed by atoms with van der Waals surface area (Å²) in [5, 5.41) is 9.67. The van der Waals surface area contributed by atoms with Gasteiger partial charge < -0.3 is 5.11 Å². The van der Waals surface area contributed by atoms with Crippen molar-refractivity contribution in [1.29, 1.82) is 0 Å². The van der Waals surface area contributed by atoms with Gasteiger partial charge in [0.1, 0.15) is 5.75 Å². The van der Waals surface area contributed by atoms with E-state index in [0.29, 0.717) is 11.5 Å². The fraction of sp³-hybridized carbons (Fsp3) is 0.188. The van der Waals surface area contributed by atoms with Gasteiger partial charge in [-0.1, -0.05) is 32.0 Å². The first kappa shape index (κ1) is 13.8. The predicted octanol–water partition coefficient (Wildman–Crippen LogP) is 5.03. The number of hydrogen-bond donors (Lipinski definition) is 1. The van der Waals surface area contributed by atoms with E-state index >= 15 is 0 Å². The summed E-state index contributed by atoms with van der Waals surface area (Å²) < 4.78 is 0.963. The third-order valence-electron chi connectivity index (χ3n) is 2.92. The van der Waals surface area contributed by atoms with E-state index in [9.17, 15) is 5.11 Å². The molecule has 2 aromatic rings. The van der Waals surface area contributed by atoms with Crippen LogP contribution in [0.5, 0.6) is 5.75 Å². The number of phenols is 1. The van der Waals surface area contributed by atoms with Crippen molar-refractivity contribution in [1.82, 2.24) is 0 Å². The molecule has 1 N–H and O–H groups in total. The van der Waals surface area contributed by atoms with Gasteiger partial charge in [-0.05, 0) is 51.7 Å². The van der Waals surface area contributed by atoms with Gasteiger partial charge in [0.25, 0.3) is 0 Å². The molecular weight excluding hydrogens is 302 g/mol. The van der Waals surface area contributed by atoms with Crippen molar-refractivity contribution in [2.45, 2.75) is 19.8 Å². The van der Waals surface area contributed by atoms with E-state index in [1.165, 1.54) is 5.56 Å². The van der Waals surface area contributed by atoms with Gasteiger partial charge in [0.05, 0.1) is 5.69 Å². The van der Waals surface area contributed by atoms with Crippen LogP contribution in [0.3, 0.4) is 0 Å². The van der Waals surface area contributed by atoms with E-state index in [1.807, 2.05) is 18.2 Å². The predicted molar refractivity (Wildman–Crippen MR) is 83.6 cm³/mol. The van der Waals surface area contributed by atoms with Gasteiger partial charge in [-0.3, -0.25) is 4.99 Å². The molecule has 0 spiro atoms. The van der Waals surface area contributed by atoms with Gasteiger partial charge in [-0.25, -0.2) is 0 Å². The lowest BCUT2D eigenvalue weighted by Crippen LogP contribution is -1.87. The Labute approximate surface area is 122 Å². The molecule has 0 atom stereocenters. The number of aliphatic imine (C=N–C) groups is 1. The van der Waals surface area contributed by atoms with Crippen LogP contribution in [0.15, 0.2) is 51.9 Å².